The van der Waals surface area contributed by atoms with Gasteiger partial charge in [0, 0.05) is 0 Å². The molecule has 0 saturated carbocycles. The van der Waals surface area contributed by atoms with E-state index >= 15 is 0 Å². The molecule has 0 aliphatic heterocycles. The molecule has 0 bridgehead atoms. The van der Waals surface area contributed by atoms with Gasteiger partial charge in [-0.25, -0.2) is 4.79 Å². The number of carbonyl (C=O) groups is 1. The number of esters is 1. The summed E-state index contributed by atoms with van der Waals surface area (Å²) in [5.74, 6) is 0.538. The zero-order chi connectivity index (χ0) is 14.5. The molecule has 0 spiro atoms. The Hall–Kier alpha value is -2.17. The largest absolute Gasteiger partial charge is 0.460 e. The van der Waals surface area contributed by atoms with Crippen LogP contribution in [0.25, 0.3) is 0 Å². The van der Waals surface area contributed by atoms with E-state index in [0.29, 0.717) is 19.0 Å². The predicted molar refractivity (Wildman–Crippen MR) is 75.6 cm³/mol. The number of nitrogens with zero attached hydrogens (tertiary/aromatic N) is 3. The lowest BCUT2D eigenvalue weighted by molar-refractivity contribution is 0.0506. The summed E-state index contributed by atoms with van der Waals surface area (Å²) in [4.78, 5) is 11.9. The van der Waals surface area contributed by atoms with Crippen molar-refractivity contribution in [1.29, 1.82) is 0 Å². The van der Waals surface area contributed by atoms with Gasteiger partial charge in [0.2, 0.25) is 5.82 Å². The first kappa shape index (κ1) is 14.2. The van der Waals surface area contributed by atoms with Gasteiger partial charge in [0.15, 0.2) is 0 Å². The summed E-state index contributed by atoms with van der Waals surface area (Å²) in [6.07, 6.45) is 0.950. The molecule has 0 aliphatic carbocycles. The lowest BCUT2D eigenvalue weighted by Crippen LogP contribution is -2.15. The fraction of sp³-hybridized carbons (Fsp3) is 0.400. The van der Waals surface area contributed by atoms with E-state index < -0.39 is 5.97 Å². The van der Waals surface area contributed by atoms with Crippen LogP contribution in [0, 0.1) is 6.92 Å². The van der Waals surface area contributed by atoms with Gasteiger partial charge in [-0.15, -0.1) is 10.2 Å². The van der Waals surface area contributed by atoms with Crippen molar-refractivity contribution in [2.45, 2.75) is 33.7 Å². The smallest absolute Gasteiger partial charge is 0.376 e. The third kappa shape index (κ3) is 2.87. The Bertz CT molecular complexity index is 605. The van der Waals surface area contributed by atoms with Crippen LogP contribution in [-0.4, -0.2) is 27.3 Å². The summed E-state index contributed by atoms with van der Waals surface area (Å²) in [6.45, 7) is 6.64. The fourth-order valence-electron chi connectivity index (χ4n) is 2.14. The van der Waals surface area contributed by atoms with Crippen LogP contribution in [0.4, 0.5) is 0 Å². The number of hydrogen-bond acceptors (Lipinski definition) is 4. The summed E-state index contributed by atoms with van der Waals surface area (Å²) in [7, 11) is 0. The maximum Gasteiger partial charge on any atom is 0.376 e. The maximum absolute atomic E-state index is 11.9. The fourth-order valence-corrected chi connectivity index (χ4v) is 2.14. The summed E-state index contributed by atoms with van der Waals surface area (Å²) >= 11 is 0. The molecule has 5 nitrogen and oxygen atoms in total. The lowest BCUT2D eigenvalue weighted by atomic mass is 10.1. The Balaban J connectivity index is 2.33. The molecule has 0 unspecified atom stereocenters. The summed E-state index contributed by atoms with van der Waals surface area (Å²) < 4.78 is 6.81. The first-order valence-corrected chi connectivity index (χ1v) is 6.81. The van der Waals surface area contributed by atoms with Gasteiger partial charge in [-0.05, 0) is 31.4 Å². The molecule has 1 aromatic carbocycles. The second-order valence-corrected chi connectivity index (χ2v) is 4.50. The van der Waals surface area contributed by atoms with Gasteiger partial charge >= 0.3 is 5.97 Å². The normalized spacial score (nSPS) is 10.6. The third-order valence-corrected chi connectivity index (χ3v) is 3.22. The quantitative estimate of drug-likeness (QED) is 0.785. The number of carbonyl (C=O) groups excluding carboxylic acids is 1. The molecule has 0 N–H and O–H groups in total. The Kier molecular flexibility index (Phi) is 4.50. The van der Waals surface area contributed by atoms with Gasteiger partial charge in [0.05, 0.1) is 13.2 Å². The molecule has 20 heavy (non-hydrogen) atoms. The summed E-state index contributed by atoms with van der Waals surface area (Å²) in [6, 6.07) is 8.18. The molecule has 106 valence electrons. The Labute approximate surface area is 118 Å². The monoisotopic (exact) mass is 273 g/mol. The van der Waals surface area contributed by atoms with Gasteiger partial charge in [-0.1, -0.05) is 31.2 Å². The highest BCUT2D eigenvalue weighted by molar-refractivity contribution is 5.85. The molecule has 0 fully saturated rings. The Morgan fingerprint density at radius 3 is 2.55 bits per heavy atom. The van der Waals surface area contributed by atoms with Gasteiger partial charge in [0.1, 0.15) is 5.82 Å². The number of ether oxygens (including phenoxy) is 1. The van der Waals surface area contributed by atoms with Crippen LogP contribution in [0.2, 0.25) is 0 Å². The molecular formula is C15H19N3O2. The van der Waals surface area contributed by atoms with E-state index in [1.807, 2.05) is 19.1 Å². The van der Waals surface area contributed by atoms with Crippen LogP contribution in [-0.2, 0) is 17.7 Å². The van der Waals surface area contributed by atoms with Gasteiger partial charge in [-0.2, -0.15) is 0 Å². The van der Waals surface area contributed by atoms with E-state index in [9.17, 15) is 4.79 Å². The Morgan fingerprint density at radius 2 is 1.90 bits per heavy atom. The molecule has 0 saturated heterocycles. The van der Waals surface area contributed by atoms with E-state index in [0.717, 1.165) is 6.42 Å². The molecule has 1 heterocycles. The minimum atomic E-state index is -0.429. The topological polar surface area (TPSA) is 57.0 Å². The SMILES string of the molecule is CCOC(=O)c1nnc(C)n1Cc1ccccc1CC. The molecule has 1 aromatic heterocycles. The highest BCUT2D eigenvalue weighted by Gasteiger charge is 2.18. The van der Waals surface area contributed by atoms with Crippen molar-refractivity contribution in [2.24, 2.45) is 0 Å². The van der Waals surface area contributed by atoms with Crippen molar-refractivity contribution >= 4 is 5.97 Å². The van der Waals surface area contributed by atoms with Gasteiger partial charge in [0.25, 0.3) is 0 Å². The molecule has 0 radical (unpaired) electrons. The van der Waals surface area contributed by atoms with E-state index in [-0.39, 0.29) is 5.82 Å². The number of hydrogen-bond donors (Lipinski definition) is 0. The van der Waals surface area contributed by atoms with E-state index in [1.165, 1.54) is 11.1 Å². The van der Waals surface area contributed by atoms with Crippen molar-refractivity contribution in [3.63, 3.8) is 0 Å². The lowest BCUT2D eigenvalue weighted by Gasteiger charge is -2.11. The van der Waals surface area contributed by atoms with Crippen molar-refractivity contribution in [1.82, 2.24) is 14.8 Å². The third-order valence-electron chi connectivity index (χ3n) is 3.22. The average Bonchev–Trinajstić information content (AvgIpc) is 2.81. The molecule has 5 heteroatoms. The van der Waals surface area contributed by atoms with Crippen LogP contribution in [0.3, 0.4) is 0 Å². The second-order valence-electron chi connectivity index (χ2n) is 4.50. The zero-order valence-corrected chi connectivity index (χ0v) is 12.1. The predicted octanol–water partition coefficient (Wildman–Crippen LogP) is 2.37. The molecule has 0 aliphatic rings. The van der Waals surface area contributed by atoms with Crippen LogP contribution in [0.5, 0.6) is 0 Å². The van der Waals surface area contributed by atoms with Crippen LogP contribution in [0.15, 0.2) is 24.3 Å². The first-order chi connectivity index (χ1) is 9.67. The Morgan fingerprint density at radius 1 is 1.20 bits per heavy atom. The molecule has 0 atom stereocenters. The van der Waals surface area contributed by atoms with Crippen molar-refractivity contribution in [3.05, 3.63) is 47.0 Å². The number of rotatable bonds is 5. The summed E-state index contributed by atoms with van der Waals surface area (Å²) in [5, 5.41) is 7.91. The minimum Gasteiger partial charge on any atom is -0.460 e. The van der Waals surface area contributed by atoms with Gasteiger partial charge in [-0.3, -0.25) is 0 Å². The highest BCUT2D eigenvalue weighted by atomic mass is 16.5. The molecule has 2 aromatic rings. The first-order valence-electron chi connectivity index (χ1n) is 6.81. The van der Waals surface area contributed by atoms with Crippen molar-refractivity contribution in [3.8, 4) is 0 Å². The maximum atomic E-state index is 11.9. The number of benzene rings is 1. The zero-order valence-electron chi connectivity index (χ0n) is 12.1. The van der Waals surface area contributed by atoms with E-state index in [1.54, 1.807) is 11.5 Å². The van der Waals surface area contributed by atoms with Crippen molar-refractivity contribution in [2.75, 3.05) is 6.61 Å². The van der Waals surface area contributed by atoms with Crippen LogP contribution >= 0.6 is 0 Å². The number of aryl methyl sites for hydroxylation is 2. The standard InChI is InChI=1S/C15H19N3O2/c1-4-12-8-6-7-9-13(12)10-18-11(3)16-17-14(18)15(19)20-5-2/h6-9H,4-5,10H2,1-3H3. The molecular weight excluding hydrogens is 254 g/mol. The van der Waals surface area contributed by atoms with Gasteiger partial charge < -0.3 is 9.30 Å². The second kappa shape index (κ2) is 6.32. The van der Waals surface area contributed by atoms with E-state index in [4.69, 9.17) is 4.74 Å². The average molecular weight is 273 g/mol. The van der Waals surface area contributed by atoms with Crippen LogP contribution < -0.4 is 0 Å². The highest BCUT2D eigenvalue weighted by Crippen LogP contribution is 2.14. The summed E-state index contributed by atoms with van der Waals surface area (Å²) in [5.41, 5.74) is 2.43. The molecule has 2 rings (SSSR count). The minimum absolute atomic E-state index is 0.259. The van der Waals surface area contributed by atoms with Crippen molar-refractivity contribution < 1.29 is 9.53 Å². The molecule has 0 amide bonds. The number of aromatic nitrogens is 3. The van der Waals surface area contributed by atoms with Crippen LogP contribution in [0.1, 0.15) is 41.4 Å². The van der Waals surface area contributed by atoms with E-state index in [2.05, 4.69) is 29.3 Å².